The third-order valence-electron chi connectivity index (χ3n) is 3.37. The number of pyridine rings is 1. The van der Waals surface area contributed by atoms with Gasteiger partial charge in [0.05, 0.1) is 17.4 Å². The first-order valence-corrected chi connectivity index (χ1v) is 9.17. The smallest absolute Gasteiger partial charge is 0.230 e. The fraction of sp³-hybridized carbons (Fsp3) is 0.294. The average Bonchev–Trinajstić information content (AvgIpc) is 3.07. The van der Waals surface area contributed by atoms with E-state index in [4.69, 9.17) is 0 Å². The lowest BCUT2D eigenvalue weighted by atomic mass is 10.1. The average molecular weight is 359 g/mol. The van der Waals surface area contributed by atoms with Crippen LogP contribution in [0.2, 0.25) is 0 Å². The Morgan fingerprint density at radius 1 is 1.50 bits per heavy atom. The number of ketones is 1. The molecule has 1 amide bonds. The third kappa shape index (κ3) is 4.43. The van der Waals surface area contributed by atoms with Crippen LogP contribution >= 0.6 is 23.1 Å². The second-order valence-corrected chi connectivity index (χ2v) is 7.18. The third-order valence-corrected chi connectivity index (χ3v) is 5.41. The number of Topliss-reactive ketones (excluding diaryl/α,β-unsaturated/α-hetero) is 1. The highest BCUT2D eigenvalue weighted by Gasteiger charge is 2.15. The number of thioether (sulfide) groups is 1. The molecule has 0 fully saturated rings. The molecule has 2 aromatic heterocycles. The summed E-state index contributed by atoms with van der Waals surface area (Å²) in [6.45, 7) is 5.09. The van der Waals surface area contributed by atoms with E-state index < -0.39 is 0 Å². The lowest BCUT2D eigenvalue weighted by Crippen LogP contribution is -2.27. The van der Waals surface area contributed by atoms with Gasteiger partial charge in [0.1, 0.15) is 11.1 Å². The minimum Gasteiger partial charge on any atom is -0.348 e. The second kappa shape index (κ2) is 8.08. The number of rotatable bonds is 6. The number of thiophene rings is 1. The molecule has 0 spiro atoms. The van der Waals surface area contributed by atoms with E-state index in [1.54, 1.807) is 24.3 Å². The molecule has 124 valence electrons. The lowest BCUT2D eigenvalue weighted by molar-refractivity contribution is -0.119. The highest BCUT2D eigenvalue weighted by molar-refractivity contribution is 8.00. The number of aromatic nitrogens is 1. The number of carbonyl (C=O) groups is 2. The van der Waals surface area contributed by atoms with E-state index in [2.05, 4.69) is 10.3 Å². The molecular weight excluding hydrogens is 342 g/mol. The number of nitrogens with zero attached hydrogens (tertiary/aromatic N) is 2. The van der Waals surface area contributed by atoms with Gasteiger partial charge in [0, 0.05) is 16.1 Å². The number of aryl methyl sites for hydroxylation is 1. The van der Waals surface area contributed by atoms with Crippen molar-refractivity contribution in [2.75, 3.05) is 5.75 Å². The fourth-order valence-electron chi connectivity index (χ4n) is 2.16. The van der Waals surface area contributed by atoms with Gasteiger partial charge < -0.3 is 5.32 Å². The van der Waals surface area contributed by atoms with Gasteiger partial charge in [0.2, 0.25) is 5.91 Å². The first kappa shape index (κ1) is 18.2. The summed E-state index contributed by atoms with van der Waals surface area (Å²) < 4.78 is 0. The minimum atomic E-state index is -0.129. The van der Waals surface area contributed by atoms with Gasteiger partial charge in [0.25, 0.3) is 0 Å². The Kier molecular flexibility index (Phi) is 6.12. The zero-order chi connectivity index (χ0) is 17.7. The highest BCUT2D eigenvalue weighted by Crippen LogP contribution is 2.24. The van der Waals surface area contributed by atoms with Gasteiger partial charge in [-0.25, -0.2) is 4.98 Å². The summed E-state index contributed by atoms with van der Waals surface area (Å²) in [6.07, 6.45) is 0. The molecule has 0 aliphatic rings. The van der Waals surface area contributed by atoms with Crippen molar-refractivity contribution < 1.29 is 9.59 Å². The summed E-state index contributed by atoms with van der Waals surface area (Å²) in [5.74, 6) is -0.0913. The summed E-state index contributed by atoms with van der Waals surface area (Å²) in [4.78, 5) is 29.0. The first-order chi connectivity index (χ1) is 11.4. The fourth-order valence-corrected chi connectivity index (χ4v) is 3.70. The number of hydrogen-bond donors (Lipinski definition) is 1. The number of amides is 1. The SMILES string of the molecule is CC(=O)c1cc(C#N)c(SCC(=O)NC(C)c2cccs2)nc1C. The summed E-state index contributed by atoms with van der Waals surface area (Å²) in [5.41, 5.74) is 1.32. The maximum Gasteiger partial charge on any atom is 0.230 e. The normalized spacial score (nSPS) is 11.6. The Hall–Kier alpha value is -2.17. The molecule has 0 aliphatic heterocycles. The molecule has 0 saturated carbocycles. The minimum absolute atomic E-state index is 0.0525. The Labute approximate surface area is 149 Å². The quantitative estimate of drug-likeness (QED) is 0.630. The van der Waals surface area contributed by atoms with Crippen molar-refractivity contribution in [3.05, 3.63) is 45.3 Å². The lowest BCUT2D eigenvalue weighted by Gasteiger charge is -2.12. The molecule has 1 unspecified atom stereocenters. The van der Waals surface area contributed by atoms with Crippen LogP contribution in [0.1, 0.15) is 46.4 Å². The molecule has 0 saturated heterocycles. The monoisotopic (exact) mass is 359 g/mol. The topological polar surface area (TPSA) is 82.8 Å². The van der Waals surface area contributed by atoms with Crippen molar-refractivity contribution >= 4 is 34.8 Å². The summed E-state index contributed by atoms with van der Waals surface area (Å²) >= 11 is 2.79. The van der Waals surface area contributed by atoms with Gasteiger partial charge in [-0.15, -0.1) is 11.3 Å². The van der Waals surface area contributed by atoms with Crippen molar-refractivity contribution in [1.82, 2.24) is 10.3 Å². The molecule has 2 aromatic rings. The van der Waals surface area contributed by atoms with E-state index in [1.807, 2.05) is 30.5 Å². The molecule has 1 atom stereocenters. The zero-order valence-electron chi connectivity index (χ0n) is 13.6. The molecule has 7 heteroatoms. The molecule has 1 N–H and O–H groups in total. The second-order valence-electron chi connectivity index (χ2n) is 5.24. The predicted molar refractivity (Wildman–Crippen MR) is 95.3 cm³/mol. The van der Waals surface area contributed by atoms with Crippen LogP contribution in [-0.4, -0.2) is 22.4 Å². The molecule has 2 rings (SSSR count). The Bertz CT molecular complexity index is 795. The van der Waals surface area contributed by atoms with E-state index >= 15 is 0 Å². The predicted octanol–water partition coefficient (Wildman–Crippen LogP) is 3.50. The zero-order valence-corrected chi connectivity index (χ0v) is 15.3. The number of hydrogen-bond acceptors (Lipinski definition) is 6. The molecular formula is C17H17N3O2S2. The Balaban J connectivity index is 2.03. The maximum atomic E-state index is 12.1. The molecule has 0 aromatic carbocycles. The summed E-state index contributed by atoms with van der Waals surface area (Å²) in [5, 5.41) is 14.6. The number of carbonyl (C=O) groups excluding carboxylic acids is 2. The molecule has 0 aliphatic carbocycles. The van der Waals surface area contributed by atoms with Gasteiger partial charge in [-0.1, -0.05) is 17.8 Å². The van der Waals surface area contributed by atoms with Gasteiger partial charge in [-0.05, 0) is 38.3 Å². The molecule has 2 heterocycles. The van der Waals surface area contributed by atoms with Gasteiger partial charge >= 0.3 is 0 Å². The van der Waals surface area contributed by atoms with Gasteiger partial charge in [-0.2, -0.15) is 5.26 Å². The van der Waals surface area contributed by atoms with E-state index in [1.165, 1.54) is 18.7 Å². The first-order valence-electron chi connectivity index (χ1n) is 7.30. The van der Waals surface area contributed by atoms with Crippen LogP contribution in [-0.2, 0) is 4.79 Å². The number of nitrogens with one attached hydrogen (secondary N) is 1. The summed E-state index contributed by atoms with van der Waals surface area (Å²) in [6, 6.07) is 7.45. The van der Waals surface area contributed by atoms with Crippen LogP contribution in [0.5, 0.6) is 0 Å². The largest absolute Gasteiger partial charge is 0.348 e. The molecule has 0 radical (unpaired) electrons. The highest BCUT2D eigenvalue weighted by atomic mass is 32.2. The summed E-state index contributed by atoms with van der Waals surface area (Å²) in [7, 11) is 0. The Morgan fingerprint density at radius 3 is 2.83 bits per heavy atom. The van der Waals surface area contributed by atoms with Crippen molar-refractivity contribution in [1.29, 1.82) is 5.26 Å². The molecule has 0 bridgehead atoms. The van der Waals surface area contributed by atoms with Crippen molar-refractivity contribution in [3.8, 4) is 6.07 Å². The standard InChI is InChI=1S/C17H17N3O2S2/c1-10-14(12(3)21)7-13(8-18)17(20-10)24-9-16(22)19-11(2)15-5-4-6-23-15/h4-7,11H,9H2,1-3H3,(H,19,22). The van der Waals surface area contributed by atoms with Crippen LogP contribution in [0.4, 0.5) is 0 Å². The molecule has 5 nitrogen and oxygen atoms in total. The van der Waals surface area contributed by atoms with Gasteiger partial charge in [-0.3, -0.25) is 9.59 Å². The van der Waals surface area contributed by atoms with Crippen molar-refractivity contribution in [2.45, 2.75) is 31.8 Å². The van der Waals surface area contributed by atoms with Crippen LogP contribution in [0, 0.1) is 18.3 Å². The van der Waals surface area contributed by atoms with E-state index in [0.717, 1.165) is 4.88 Å². The number of nitriles is 1. The van der Waals surface area contributed by atoms with Crippen molar-refractivity contribution in [2.24, 2.45) is 0 Å². The maximum absolute atomic E-state index is 12.1. The molecule has 24 heavy (non-hydrogen) atoms. The van der Waals surface area contributed by atoms with Crippen LogP contribution in [0.25, 0.3) is 0 Å². The van der Waals surface area contributed by atoms with Crippen molar-refractivity contribution in [3.63, 3.8) is 0 Å². The van der Waals surface area contributed by atoms with E-state index in [9.17, 15) is 14.9 Å². The van der Waals surface area contributed by atoms with E-state index in [0.29, 0.717) is 21.8 Å². The van der Waals surface area contributed by atoms with Crippen LogP contribution < -0.4 is 5.32 Å². The van der Waals surface area contributed by atoms with Crippen LogP contribution in [0.15, 0.2) is 28.6 Å². The van der Waals surface area contributed by atoms with E-state index in [-0.39, 0.29) is 23.5 Å². The van der Waals surface area contributed by atoms with Gasteiger partial charge in [0.15, 0.2) is 5.78 Å². The van der Waals surface area contributed by atoms with Crippen LogP contribution in [0.3, 0.4) is 0 Å². The Morgan fingerprint density at radius 2 is 2.25 bits per heavy atom.